The van der Waals surface area contributed by atoms with Crippen LogP contribution < -0.4 is 10.2 Å². The van der Waals surface area contributed by atoms with Crippen LogP contribution in [0.25, 0.3) is 11.1 Å². The zero-order chi connectivity index (χ0) is 23.6. The number of anilines is 2. The van der Waals surface area contributed by atoms with Gasteiger partial charge in [-0.1, -0.05) is 12.1 Å². The van der Waals surface area contributed by atoms with Crippen molar-refractivity contribution in [2.45, 2.75) is 11.8 Å². The standard InChI is InChI=1S/C24H24N2O5S2/c1-16(27)25-19-7-3-17(4-8-19)21-15-22(32-24(21)26-11-13-31-14-12-26)23(28)18-5-9-20(10-6-18)33(2,29)30/h3-10,15H,11-14H2,1-2H3,(H,25,27). The molecule has 172 valence electrons. The topological polar surface area (TPSA) is 92.8 Å². The van der Waals surface area contributed by atoms with Gasteiger partial charge in [-0.15, -0.1) is 11.3 Å². The third-order valence-electron chi connectivity index (χ3n) is 5.30. The van der Waals surface area contributed by atoms with Crippen molar-refractivity contribution < 1.29 is 22.7 Å². The van der Waals surface area contributed by atoms with Crippen LogP contribution in [0.3, 0.4) is 0 Å². The lowest BCUT2D eigenvalue weighted by molar-refractivity contribution is -0.114. The molecule has 1 aliphatic heterocycles. The number of carbonyl (C=O) groups excluding carboxylic acids is 2. The minimum Gasteiger partial charge on any atom is -0.378 e. The number of morpholine rings is 1. The zero-order valence-electron chi connectivity index (χ0n) is 18.3. The lowest BCUT2D eigenvalue weighted by atomic mass is 10.0. The molecule has 3 aromatic rings. The Labute approximate surface area is 196 Å². The Balaban J connectivity index is 1.70. The van der Waals surface area contributed by atoms with Crippen molar-refractivity contribution >= 4 is 43.6 Å². The molecule has 33 heavy (non-hydrogen) atoms. The summed E-state index contributed by atoms with van der Waals surface area (Å²) in [6.07, 6.45) is 1.14. The summed E-state index contributed by atoms with van der Waals surface area (Å²) in [6.45, 7) is 4.16. The maximum absolute atomic E-state index is 13.2. The highest BCUT2D eigenvalue weighted by Gasteiger charge is 2.23. The van der Waals surface area contributed by atoms with E-state index in [1.54, 1.807) is 12.1 Å². The van der Waals surface area contributed by atoms with E-state index in [1.165, 1.54) is 30.4 Å². The highest BCUT2D eigenvalue weighted by atomic mass is 32.2. The molecule has 1 saturated heterocycles. The fourth-order valence-electron chi connectivity index (χ4n) is 3.63. The lowest BCUT2D eigenvalue weighted by Gasteiger charge is -2.28. The summed E-state index contributed by atoms with van der Waals surface area (Å²) >= 11 is 1.42. The summed E-state index contributed by atoms with van der Waals surface area (Å²) in [5.41, 5.74) is 3.02. The van der Waals surface area contributed by atoms with E-state index in [9.17, 15) is 18.0 Å². The number of benzene rings is 2. The summed E-state index contributed by atoms with van der Waals surface area (Å²) < 4.78 is 28.9. The molecule has 0 unspecified atom stereocenters. The maximum Gasteiger partial charge on any atom is 0.221 e. The molecule has 0 saturated carbocycles. The van der Waals surface area contributed by atoms with Crippen molar-refractivity contribution in [3.63, 3.8) is 0 Å². The van der Waals surface area contributed by atoms with Crippen LogP contribution in [0, 0.1) is 0 Å². The number of rotatable bonds is 6. The van der Waals surface area contributed by atoms with Gasteiger partial charge in [0.25, 0.3) is 0 Å². The van der Waals surface area contributed by atoms with Gasteiger partial charge in [-0.2, -0.15) is 0 Å². The average Bonchev–Trinajstić information content (AvgIpc) is 3.24. The van der Waals surface area contributed by atoms with Crippen LogP contribution in [0.4, 0.5) is 10.7 Å². The molecule has 4 rings (SSSR count). The first-order valence-electron chi connectivity index (χ1n) is 10.4. The van der Waals surface area contributed by atoms with E-state index in [-0.39, 0.29) is 16.6 Å². The number of sulfone groups is 1. The van der Waals surface area contributed by atoms with Gasteiger partial charge in [-0.3, -0.25) is 9.59 Å². The SMILES string of the molecule is CC(=O)Nc1ccc(-c2cc(C(=O)c3ccc(S(C)(=O)=O)cc3)sc2N2CCOCC2)cc1. The Morgan fingerprint density at radius 3 is 2.21 bits per heavy atom. The van der Waals surface area contributed by atoms with Crippen LogP contribution in [0.5, 0.6) is 0 Å². The first-order valence-corrected chi connectivity index (χ1v) is 13.1. The minimum atomic E-state index is -3.33. The quantitative estimate of drug-likeness (QED) is 0.535. The summed E-state index contributed by atoms with van der Waals surface area (Å²) in [7, 11) is -3.33. The van der Waals surface area contributed by atoms with Crippen molar-refractivity contribution in [3.05, 3.63) is 65.0 Å². The van der Waals surface area contributed by atoms with Crippen LogP contribution in [-0.4, -0.2) is 52.7 Å². The monoisotopic (exact) mass is 484 g/mol. The lowest BCUT2D eigenvalue weighted by Crippen LogP contribution is -2.35. The van der Waals surface area contributed by atoms with Crippen LogP contribution in [0.15, 0.2) is 59.5 Å². The summed E-state index contributed by atoms with van der Waals surface area (Å²) in [5, 5.41) is 3.75. The van der Waals surface area contributed by atoms with Crippen LogP contribution in [0.1, 0.15) is 22.2 Å². The van der Waals surface area contributed by atoms with Gasteiger partial charge in [0.2, 0.25) is 11.7 Å². The van der Waals surface area contributed by atoms with Crippen molar-refractivity contribution in [1.82, 2.24) is 0 Å². The van der Waals surface area contributed by atoms with Gasteiger partial charge in [0.05, 0.1) is 28.0 Å². The normalized spacial score (nSPS) is 14.2. The van der Waals surface area contributed by atoms with Crippen LogP contribution >= 0.6 is 11.3 Å². The molecular formula is C24H24N2O5S2. The molecule has 0 spiro atoms. The Morgan fingerprint density at radius 1 is 1.00 bits per heavy atom. The molecule has 0 atom stereocenters. The predicted molar refractivity (Wildman–Crippen MR) is 130 cm³/mol. The number of amides is 1. The molecule has 1 amide bonds. The maximum atomic E-state index is 13.2. The van der Waals surface area contributed by atoms with Crippen molar-refractivity contribution in [2.75, 3.05) is 42.8 Å². The number of nitrogens with zero attached hydrogens (tertiary/aromatic N) is 1. The number of carbonyl (C=O) groups is 2. The second kappa shape index (κ2) is 9.46. The van der Waals surface area contributed by atoms with E-state index < -0.39 is 9.84 Å². The van der Waals surface area contributed by atoms with Gasteiger partial charge in [-0.25, -0.2) is 8.42 Å². The van der Waals surface area contributed by atoms with Gasteiger partial charge >= 0.3 is 0 Å². The van der Waals surface area contributed by atoms with Gasteiger partial charge in [0.15, 0.2) is 9.84 Å². The largest absolute Gasteiger partial charge is 0.378 e. The van der Waals surface area contributed by atoms with E-state index in [0.29, 0.717) is 29.3 Å². The molecule has 1 N–H and O–H groups in total. The Morgan fingerprint density at radius 2 is 1.64 bits per heavy atom. The molecule has 2 heterocycles. The number of nitrogens with one attached hydrogen (secondary N) is 1. The van der Waals surface area contributed by atoms with Gasteiger partial charge in [0.1, 0.15) is 0 Å². The second-order valence-electron chi connectivity index (χ2n) is 7.81. The van der Waals surface area contributed by atoms with E-state index in [2.05, 4.69) is 10.2 Å². The third kappa shape index (κ3) is 5.32. The second-order valence-corrected chi connectivity index (χ2v) is 10.9. The molecule has 2 aromatic carbocycles. The van der Waals surface area contributed by atoms with Crippen molar-refractivity contribution in [3.8, 4) is 11.1 Å². The molecule has 0 aliphatic carbocycles. The number of ether oxygens (including phenoxy) is 1. The van der Waals surface area contributed by atoms with Gasteiger partial charge < -0.3 is 15.0 Å². The Kier molecular flexibility index (Phi) is 6.64. The fourth-order valence-corrected chi connectivity index (χ4v) is 5.46. The molecule has 1 aromatic heterocycles. The van der Waals surface area contributed by atoms with E-state index >= 15 is 0 Å². The third-order valence-corrected chi connectivity index (χ3v) is 7.62. The van der Waals surface area contributed by atoms with Gasteiger partial charge in [-0.05, 0) is 48.0 Å². The van der Waals surface area contributed by atoms with E-state index in [4.69, 9.17) is 4.74 Å². The number of hydrogen-bond donors (Lipinski definition) is 1. The number of hydrogen-bond acceptors (Lipinski definition) is 7. The van der Waals surface area contributed by atoms with Crippen molar-refractivity contribution in [1.29, 1.82) is 0 Å². The summed E-state index contributed by atoms with van der Waals surface area (Å²) in [4.78, 5) is 27.5. The fraction of sp³-hybridized carbons (Fsp3) is 0.250. The summed E-state index contributed by atoms with van der Waals surface area (Å²) in [5.74, 6) is -0.294. The highest BCUT2D eigenvalue weighted by Crippen LogP contribution is 2.40. The Bertz CT molecular complexity index is 1270. The molecule has 1 fully saturated rings. The molecular weight excluding hydrogens is 460 g/mol. The smallest absolute Gasteiger partial charge is 0.221 e. The Hall–Kier alpha value is -3.01. The van der Waals surface area contributed by atoms with E-state index in [0.717, 1.165) is 35.5 Å². The number of thiophene rings is 1. The molecule has 1 aliphatic rings. The number of ketones is 1. The first kappa shape index (κ1) is 23.2. The van der Waals surface area contributed by atoms with Crippen LogP contribution in [0.2, 0.25) is 0 Å². The molecule has 0 radical (unpaired) electrons. The first-order chi connectivity index (χ1) is 15.7. The van der Waals surface area contributed by atoms with E-state index in [1.807, 2.05) is 30.3 Å². The van der Waals surface area contributed by atoms with Gasteiger partial charge in [0, 0.05) is 43.1 Å². The molecule has 0 bridgehead atoms. The molecule has 7 nitrogen and oxygen atoms in total. The zero-order valence-corrected chi connectivity index (χ0v) is 20.0. The highest BCUT2D eigenvalue weighted by molar-refractivity contribution is 7.90. The van der Waals surface area contributed by atoms with Crippen LogP contribution in [-0.2, 0) is 19.4 Å². The molecule has 9 heteroatoms. The summed E-state index contributed by atoms with van der Waals surface area (Å²) in [6, 6.07) is 15.4. The average molecular weight is 485 g/mol. The predicted octanol–water partition coefficient (Wildman–Crippen LogP) is 3.84. The minimum absolute atomic E-state index is 0.137. The van der Waals surface area contributed by atoms with Crippen molar-refractivity contribution in [2.24, 2.45) is 0 Å².